The highest BCUT2D eigenvalue weighted by molar-refractivity contribution is 7.80. The normalized spacial score (nSPS) is 18.4. The minimum Gasteiger partial charge on any atom is -0.479 e. The summed E-state index contributed by atoms with van der Waals surface area (Å²) in [6.45, 7) is 0. The molecular formula is C7H13N3O6S. The number of aliphatic carboxylic acids is 1. The van der Waals surface area contributed by atoms with Gasteiger partial charge >= 0.3 is 5.97 Å². The minimum atomic E-state index is -2.23. The van der Waals surface area contributed by atoms with Crippen LogP contribution in [0, 0.1) is 0 Å². The molecule has 10 heteroatoms. The van der Waals surface area contributed by atoms with Crippen LogP contribution in [0.5, 0.6) is 0 Å². The van der Waals surface area contributed by atoms with Gasteiger partial charge in [0.05, 0.1) is 6.21 Å². The van der Waals surface area contributed by atoms with Gasteiger partial charge in [0.15, 0.2) is 11.2 Å². The molecule has 0 rings (SSSR count). The fourth-order valence-corrected chi connectivity index (χ4v) is 0.853. The van der Waals surface area contributed by atoms with Crippen molar-refractivity contribution in [2.45, 2.75) is 24.4 Å². The van der Waals surface area contributed by atoms with Crippen LogP contribution < -0.4 is 11.2 Å². The highest BCUT2D eigenvalue weighted by atomic mass is 32.1. The molecule has 0 amide bonds. The number of carboxylic acid groups (broad SMARTS) is 1. The molecule has 4 atom stereocenters. The van der Waals surface area contributed by atoms with E-state index in [1.54, 1.807) is 0 Å². The number of thiocarbonyl (C=S) groups is 1. The van der Waals surface area contributed by atoms with Gasteiger partial charge in [0, 0.05) is 0 Å². The molecule has 0 heterocycles. The Morgan fingerprint density at radius 2 is 1.82 bits per heavy atom. The summed E-state index contributed by atoms with van der Waals surface area (Å²) < 4.78 is 0. The SMILES string of the molecule is NC(=S)N/N=C\[C@H](O)[C@H](O)[C@@H](O)[C@@H](O)C(=O)O. The number of hydrogen-bond donors (Lipinski definition) is 7. The molecule has 0 saturated heterocycles. The smallest absolute Gasteiger partial charge is 0.335 e. The second-order valence-corrected chi connectivity index (χ2v) is 3.45. The van der Waals surface area contributed by atoms with Crippen LogP contribution in [0.15, 0.2) is 5.10 Å². The minimum absolute atomic E-state index is 0.186. The Kier molecular flexibility index (Phi) is 6.53. The van der Waals surface area contributed by atoms with Crippen molar-refractivity contribution in [3.05, 3.63) is 0 Å². The number of nitrogens with two attached hydrogens (primary N) is 1. The van der Waals surface area contributed by atoms with Crippen molar-refractivity contribution in [3.63, 3.8) is 0 Å². The van der Waals surface area contributed by atoms with E-state index in [-0.39, 0.29) is 5.11 Å². The first kappa shape index (κ1) is 15.7. The number of hydrogen-bond acceptors (Lipinski definition) is 7. The van der Waals surface area contributed by atoms with E-state index in [9.17, 15) is 15.0 Å². The van der Waals surface area contributed by atoms with Gasteiger partial charge in [0.2, 0.25) is 0 Å². The molecular weight excluding hydrogens is 254 g/mol. The average Bonchev–Trinajstić information content (AvgIpc) is 2.25. The lowest BCUT2D eigenvalue weighted by Gasteiger charge is -2.22. The summed E-state index contributed by atoms with van der Waals surface area (Å²) in [5, 5.41) is 48.0. The number of rotatable bonds is 6. The van der Waals surface area contributed by atoms with E-state index >= 15 is 0 Å². The number of hydrazone groups is 1. The average molecular weight is 267 g/mol. The first-order chi connectivity index (χ1) is 7.77. The van der Waals surface area contributed by atoms with Crippen LogP contribution in [0.25, 0.3) is 0 Å². The zero-order valence-corrected chi connectivity index (χ0v) is 9.28. The van der Waals surface area contributed by atoms with Gasteiger partial charge in [-0.25, -0.2) is 4.79 Å². The summed E-state index contributed by atoms with van der Waals surface area (Å²) in [7, 11) is 0. The van der Waals surface area contributed by atoms with E-state index in [1.165, 1.54) is 0 Å². The van der Waals surface area contributed by atoms with Crippen molar-refractivity contribution in [1.82, 2.24) is 5.43 Å². The highest BCUT2D eigenvalue weighted by Gasteiger charge is 2.33. The molecule has 0 fully saturated rings. The molecule has 98 valence electrons. The van der Waals surface area contributed by atoms with Crippen LogP contribution in [0.1, 0.15) is 0 Å². The maximum Gasteiger partial charge on any atom is 0.335 e. The van der Waals surface area contributed by atoms with E-state index in [4.69, 9.17) is 21.1 Å². The Balaban J connectivity index is 4.38. The van der Waals surface area contributed by atoms with Crippen LogP contribution in [-0.4, -0.2) is 67.2 Å². The second-order valence-electron chi connectivity index (χ2n) is 3.01. The molecule has 17 heavy (non-hydrogen) atoms. The Hall–Kier alpha value is -1.33. The number of nitrogens with one attached hydrogen (secondary N) is 1. The van der Waals surface area contributed by atoms with E-state index in [1.807, 2.05) is 0 Å². The Morgan fingerprint density at radius 3 is 2.24 bits per heavy atom. The molecule has 0 saturated carbocycles. The molecule has 0 unspecified atom stereocenters. The van der Waals surface area contributed by atoms with Crippen LogP contribution in [0.2, 0.25) is 0 Å². The Labute approximate surface area is 101 Å². The zero-order valence-electron chi connectivity index (χ0n) is 8.46. The van der Waals surface area contributed by atoms with E-state index < -0.39 is 30.4 Å². The number of aliphatic hydroxyl groups excluding tert-OH is 4. The topological polar surface area (TPSA) is 169 Å². The van der Waals surface area contributed by atoms with Gasteiger partial charge in [-0.3, -0.25) is 5.43 Å². The predicted octanol–water partition coefficient (Wildman–Crippen LogP) is -3.67. The van der Waals surface area contributed by atoms with E-state index in [2.05, 4.69) is 22.7 Å². The maximum atomic E-state index is 10.3. The molecule has 0 bridgehead atoms. The van der Waals surface area contributed by atoms with E-state index in [0.29, 0.717) is 0 Å². The molecule has 0 aromatic rings. The fraction of sp³-hybridized carbons (Fsp3) is 0.571. The van der Waals surface area contributed by atoms with Gasteiger partial charge in [-0.1, -0.05) is 0 Å². The van der Waals surface area contributed by atoms with Gasteiger partial charge in [0.25, 0.3) is 0 Å². The number of carboxylic acids is 1. The van der Waals surface area contributed by atoms with Gasteiger partial charge in [-0.05, 0) is 12.2 Å². The second kappa shape index (κ2) is 7.09. The van der Waals surface area contributed by atoms with Crippen LogP contribution >= 0.6 is 12.2 Å². The predicted molar refractivity (Wildman–Crippen MR) is 60.1 cm³/mol. The van der Waals surface area contributed by atoms with Crippen molar-refractivity contribution < 1.29 is 30.3 Å². The summed E-state index contributed by atoms with van der Waals surface area (Å²) >= 11 is 4.38. The summed E-state index contributed by atoms with van der Waals surface area (Å²) in [5.41, 5.74) is 7.07. The molecule has 0 aliphatic carbocycles. The van der Waals surface area contributed by atoms with Crippen LogP contribution in [0.3, 0.4) is 0 Å². The van der Waals surface area contributed by atoms with Gasteiger partial charge < -0.3 is 31.3 Å². The van der Waals surface area contributed by atoms with E-state index in [0.717, 1.165) is 6.21 Å². The largest absolute Gasteiger partial charge is 0.479 e. The molecule has 0 radical (unpaired) electrons. The molecule has 0 spiro atoms. The maximum absolute atomic E-state index is 10.3. The quantitative estimate of drug-likeness (QED) is 0.146. The Bertz CT molecular complexity index is 312. The van der Waals surface area contributed by atoms with Crippen molar-refractivity contribution in [1.29, 1.82) is 0 Å². The Morgan fingerprint density at radius 1 is 1.29 bits per heavy atom. The number of carbonyl (C=O) groups is 1. The standard InChI is InChI=1S/C7H13N3O6S/c8-7(17)10-9-1-2(11)3(12)4(13)5(14)6(15)16/h1-5,11-14H,(H,15,16)(H3,8,10,17)/b9-1-/t2-,3-,4+,5+/m0/s1. The molecule has 8 N–H and O–H groups in total. The monoisotopic (exact) mass is 267 g/mol. The van der Waals surface area contributed by atoms with Crippen molar-refractivity contribution in [3.8, 4) is 0 Å². The number of aliphatic hydroxyl groups is 4. The van der Waals surface area contributed by atoms with Crippen LogP contribution in [-0.2, 0) is 4.79 Å². The lowest BCUT2D eigenvalue weighted by atomic mass is 10.0. The highest BCUT2D eigenvalue weighted by Crippen LogP contribution is 2.04. The molecule has 0 aliphatic rings. The molecule has 0 aromatic heterocycles. The number of nitrogens with zero attached hydrogens (tertiary/aromatic N) is 1. The van der Waals surface area contributed by atoms with Crippen LogP contribution in [0.4, 0.5) is 0 Å². The molecule has 0 aliphatic heterocycles. The lowest BCUT2D eigenvalue weighted by molar-refractivity contribution is -0.160. The third-order valence-corrected chi connectivity index (χ3v) is 1.77. The molecule has 9 nitrogen and oxygen atoms in total. The lowest BCUT2D eigenvalue weighted by Crippen LogP contribution is -2.48. The van der Waals surface area contributed by atoms with Crippen molar-refractivity contribution >= 4 is 29.5 Å². The first-order valence-corrected chi connectivity index (χ1v) is 4.72. The van der Waals surface area contributed by atoms with Gasteiger partial charge in [-0.2, -0.15) is 5.10 Å². The van der Waals surface area contributed by atoms with Gasteiger partial charge in [-0.15, -0.1) is 0 Å². The zero-order chi connectivity index (χ0) is 13.6. The van der Waals surface area contributed by atoms with Crippen molar-refractivity contribution in [2.75, 3.05) is 0 Å². The summed E-state index contributed by atoms with van der Waals surface area (Å²) in [5.74, 6) is -1.73. The van der Waals surface area contributed by atoms with Gasteiger partial charge in [0.1, 0.15) is 18.3 Å². The third-order valence-electron chi connectivity index (χ3n) is 1.68. The first-order valence-electron chi connectivity index (χ1n) is 4.31. The third kappa shape index (κ3) is 5.51. The summed E-state index contributed by atoms with van der Waals surface area (Å²) in [6.07, 6.45) is -7.20. The summed E-state index contributed by atoms with van der Waals surface area (Å²) in [6, 6.07) is 0. The molecule has 0 aromatic carbocycles. The summed E-state index contributed by atoms with van der Waals surface area (Å²) in [4.78, 5) is 10.3. The van der Waals surface area contributed by atoms with Crippen molar-refractivity contribution in [2.24, 2.45) is 10.8 Å². The fourth-order valence-electron chi connectivity index (χ4n) is 0.800.